The van der Waals surface area contributed by atoms with E-state index >= 15 is 0 Å². The van der Waals surface area contributed by atoms with Crippen LogP contribution in [0.3, 0.4) is 0 Å². The fraction of sp³-hybridized carbons (Fsp3) is 0.909. The van der Waals surface area contributed by atoms with Gasteiger partial charge >= 0.3 is 0 Å². The van der Waals surface area contributed by atoms with Crippen LogP contribution >= 0.6 is 11.8 Å². The Balaban J connectivity index is 2.26. The fourth-order valence-electron chi connectivity index (χ4n) is 1.82. The van der Waals surface area contributed by atoms with Crippen LogP contribution < -0.4 is 11.1 Å². The van der Waals surface area contributed by atoms with Gasteiger partial charge in [-0.15, -0.1) is 0 Å². The summed E-state index contributed by atoms with van der Waals surface area (Å²) < 4.78 is 0.238. The predicted octanol–water partition coefficient (Wildman–Crippen LogP) is 1.52. The Morgan fingerprint density at radius 1 is 1.67 bits per heavy atom. The van der Waals surface area contributed by atoms with Crippen LogP contribution in [0.1, 0.15) is 39.5 Å². The zero-order valence-corrected chi connectivity index (χ0v) is 10.5. The van der Waals surface area contributed by atoms with Gasteiger partial charge in [0.2, 0.25) is 5.91 Å². The molecule has 4 heteroatoms. The van der Waals surface area contributed by atoms with Crippen molar-refractivity contribution >= 4 is 17.7 Å². The van der Waals surface area contributed by atoms with Gasteiger partial charge in [0.05, 0.1) is 6.04 Å². The number of thioether (sulfide) groups is 1. The third-order valence-corrected chi connectivity index (χ3v) is 4.41. The molecule has 0 aromatic carbocycles. The SMILES string of the molecule is CCC[C@@H](N)C(=O)NCC1(C)CCCS1. The molecule has 1 unspecified atom stereocenters. The summed E-state index contributed by atoms with van der Waals surface area (Å²) in [5.41, 5.74) is 5.74. The first kappa shape index (κ1) is 12.8. The minimum Gasteiger partial charge on any atom is -0.353 e. The van der Waals surface area contributed by atoms with Crippen LogP contribution in [0.2, 0.25) is 0 Å². The maximum atomic E-state index is 11.6. The van der Waals surface area contributed by atoms with E-state index in [2.05, 4.69) is 12.2 Å². The summed E-state index contributed by atoms with van der Waals surface area (Å²) >= 11 is 1.96. The Labute approximate surface area is 96.6 Å². The zero-order valence-electron chi connectivity index (χ0n) is 9.71. The third kappa shape index (κ3) is 4.03. The van der Waals surface area contributed by atoms with Crippen molar-refractivity contribution in [3.63, 3.8) is 0 Å². The molecule has 1 fully saturated rings. The van der Waals surface area contributed by atoms with Gasteiger partial charge in [0, 0.05) is 11.3 Å². The van der Waals surface area contributed by atoms with E-state index in [0.29, 0.717) is 0 Å². The lowest BCUT2D eigenvalue weighted by Gasteiger charge is -2.23. The Hall–Kier alpha value is -0.220. The predicted molar refractivity (Wildman–Crippen MR) is 66.0 cm³/mol. The summed E-state index contributed by atoms with van der Waals surface area (Å²) in [6.07, 6.45) is 4.19. The van der Waals surface area contributed by atoms with Gasteiger partial charge in [-0.05, 0) is 31.9 Å². The molecule has 0 bridgehead atoms. The highest BCUT2D eigenvalue weighted by Gasteiger charge is 2.30. The van der Waals surface area contributed by atoms with E-state index in [4.69, 9.17) is 5.73 Å². The van der Waals surface area contributed by atoms with Crippen molar-refractivity contribution in [1.29, 1.82) is 0 Å². The molecule has 1 aliphatic rings. The number of rotatable bonds is 5. The second kappa shape index (κ2) is 5.75. The number of amides is 1. The summed E-state index contributed by atoms with van der Waals surface area (Å²) in [7, 11) is 0. The lowest BCUT2D eigenvalue weighted by Crippen LogP contribution is -2.45. The van der Waals surface area contributed by atoms with Crippen LogP contribution in [0.5, 0.6) is 0 Å². The average molecular weight is 230 g/mol. The first-order valence-electron chi connectivity index (χ1n) is 5.74. The number of hydrogen-bond acceptors (Lipinski definition) is 3. The summed E-state index contributed by atoms with van der Waals surface area (Å²) in [6, 6.07) is -0.329. The molecule has 1 saturated heterocycles. The number of nitrogens with one attached hydrogen (secondary N) is 1. The molecule has 3 nitrogen and oxygen atoms in total. The lowest BCUT2D eigenvalue weighted by molar-refractivity contribution is -0.122. The molecule has 1 rings (SSSR count). The summed E-state index contributed by atoms with van der Waals surface area (Å²) in [5, 5.41) is 2.96. The smallest absolute Gasteiger partial charge is 0.236 e. The van der Waals surface area contributed by atoms with Crippen molar-refractivity contribution in [2.75, 3.05) is 12.3 Å². The van der Waals surface area contributed by atoms with E-state index in [-0.39, 0.29) is 16.7 Å². The highest BCUT2D eigenvalue weighted by molar-refractivity contribution is 8.00. The molecule has 0 radical (unpaired) electrons. The first-order chi connectivity index (χ1) is 7.07. The van der Waals surface area contributed by atoms with Gasteiger partial charge in [0.1, 0.15) is 0 Å². The molecule has 1 heterocycles. The Morgan fingerprint density at radius 3 is 2.93 bits per heavy atom. The minimum atomic E-state index is -0.329. The van der Waals surface area contributed by atoms with Crippen LogP contribution in [0.4, 0.5) is 0 Å². The molecule has 1 amide bonds. The quantitative estimate of drug-likeness (QED) is 0.753. The van der Waals surface area contributed by atoms with Crippen LogP contribution in [-0.4, -0.2) is 29.0 Å². The maximum absolute atomic E-state index is 11.6. The number of carbonyl (C=O) groups is 1. The number of hydrogen-bond donors (Lipinski definition) is 2. The maximum Gasteiger partial charge on any atom is 0.236 e. The summed E-state index contributed by atoms with van der Waals surface area (Å²) in [5.74, 6) is 1.22. The van der Waals surface area contributed by atoms with Crippen LogP contribution in [0.15, 0.2) is 0 Å². The van der Waals surface area contributed by atoms with E-state index in [1.165, 1.54) is 18.6 Å². The van der Waals surface area contributed by atoms with Crippen molar-refractivity contribution in [1.82, 2.24) is 5.32 Å². The van der Waals surface area contributed by atoms with E-state index in [1.807, 2.05) is 18.7 Å². The largest absolute Gasteiger partial charge is 0.353 e. The molecule has 88 valence electrons. The molecular weight excluding hydrogens is 208 g/mol. The Morgan fingerprint density at radius 2 is 2.40 bits per heavy atom. The monoisotopic (exact) mass is 230 g/mol. The van der Waals surface area contributed by atoms with E-state index in [9.17, 15) is 4.79 Å². The molecule has 0 saturated carbocycles. The lowest BCUT2D eigenvalue weighted by atomic mass is 10.1. The van der Waals surface area contributed by atoms with Gasteiger partial charge in [0.15, 0.2) is 0 Å². The van der Waals surface area contributed by atoms with Gasteiger partial charge in [-0.1, -0.05) is 13.3 Å². The van der Waals surface area contributed by atoms with Crippen LogP contribution in [0, 0.1) is 0 Å². The van der Waals surface area contributed by atoms with E-state index in [0.717, 1.165) is 19.4 Å². The van der Waals surface area contributed by atoms with Crippen molar-refractivity contribution in [2.45, 2.75) is 50.3 Å². The summed E-state index contributed by atoms with van der Waals surface area (Å²) in [4.78, 5) is 11.6. The molecule has 0 aliphatic carbocycles. The van der Waals surface area contributed by atoms with Gasteiger partial charge in [-0.2, -0.15) is 11.8 Å². The Kier molecular flexibility index (Phi) is 4.93. The Bertz CT molecular complexity index is 215. The topological polar surface area (TPSA) is 55.1 Å². The minimum absolute atomic E-state index is 0.00516. The fourth-order valence-corrected chi connectivity index (χ4v) is 3.07. The standard InChI is InChI=1S/C11H22N2OS/c1-3-5-9(12)10(14)13-8-11(2)6-4-7-15-11/h9H,3-8,12H2,1-2H3,(H,13,14)/t9-,11?/m1/s1. The molecule has 0 spiro atoms. The zero-order chi connectivity index (χ0) is 11.3. The first-order valence-corrected chi connectivity index (χ1v) is 6.73. The molecular formula is C11H22N2OS. The van der Waals surface area contributed by atoms with Gasteiger partial charge in [0.25, 0.3) is 0 Å². The van der Waals surface area contributed by atoms with E-state index in [1.54, 1.807) is 0 Å². The third-order valence-electron chi connectivity index (χ3n) is 2.87. The molecule has 0 aromatic heterocycles. The van der Waals surface area contributed by atoms with Gasteiger partial charge in [-0.25, -0.2) is 0 Å². The number of carbonyl (C=O) groups excluding carboxylic acids is 1. The molecule has 3 N–H and O–H groups in total. The highest BCUT2D eigenvalue weighted by atomic mass is 32.2. The van der Waals surface area contributed by atoms with Crippen molar-refractivity contribution < 1.29 is 4.79 Å². The van der Waals surface area contributed by atoms with Crippen LogP contribution in [-0.2, 0) is 4.79 Å². The van der Waals surface area contributed by atoms with Gasteiger partial charge in [-0.3, -0.25) is 4.79 Å². The summed E-state index contributed by atoms with van der Waals surface area (Å²) in [6.45, 7) is 5.02. The van der Waals surface area contributed by atoms with Crippen molar-refractivity contribution in [2.24, 2.45) is 5.73 Å². The highest BCUT2D eigenvalue weighted by Crippen LogP contribution is 2.36. The van der Waals surface area contributed by atoms with Crippen molar-refractivity contribution in [3.05, 3.63) is 0 Å². The van der Waals surface area contributed by atoms with E-state index < -0.39 is 0 Å². The normalized spacial score (nSPS) is 27.7. The average Bonchev–Trinajstić information content (AvgIpc) is 2.63. The van der Waals surface area contributed by atoms with Crippen LogP contribution in [0.25, 0.3) is 0 Å². The van der Waals surface area contributed by atoms with Crippen molar-refractivity contribution in [3.8, 4) is 0 Å². The van der Waals surface area contributed by atoms with Gasteiger partial charge < -0.3 is 11.1 Å². The molecule has 1 aliphatic heterocycles. The second-order valence-corrected chi connectivity index (χ2v) is 6.20. The molecule has 2 atom stereocenters. The number of nitrogens with two attached hydrogens (primary N) is 1. The second-order valence-electron chi connectivity index (χ2n) is 4.51. The molecule has 0 aromatic rings. The molecule has 15 heavy (non-hydrogen) atoms.